The zero-order chi connectivity index (χ0) is 19.6. The van der Waals surface area contributed by atoms with Crippen LogP contribution in [-0.4, -0.2) is 27.7 Å². The lowest BCUT2D eigenvalue weighted by atomic mass is 10.1. The van der Waals surface area contributed by atoms with Crippen molar-refractivity contribution in [1.29, 1.82) is 0 Å². The van der Waals surface area contributed by atoms with E-state index in [1.165, 1.54) is 17.6 Å². The molecule has 0 aliphatic carbocycles. The molecular weight excluding hydrogens is 398 g/mol. The third-order valence-corrected chi connectivity index (χ3v) is 6.18. The first-order chi connectivity index (χ1) is 13.5. The summed E-state index contributed by atoms with van der Waals surface area (Å²) in [7, 11) is -3.21. The second-order valence-corrected chi connectivity index (χ2v) is 9.15. The van der Waals surface area contributed by atoms with Gasteiger partial charge in [-0.3, -0.25) is 0 Å². The van der Waals surface area contributed by atoms with E-state index in [9.17, 15) is 8.42 Å². The summed E-state index contributed by atoms with van der Waals surface area (Å²) in [6.45, 7) is 0.557. The van der Waals surface area contributed by atoms with Crippen molar-refractivity contribution < 1.29 is 22.7 Å². The number of nitrogens with zero attached hydrogens (tertiary/aromatic N) is 1. The predicted molar refractivity (Wildman–Crippen MR) is 108 cm³/mol. The van der Waals surface area contributed by atoms with Crippen LogP contribution in [0.5, 0.6) is 11.5 Å². The average Bonchev–Trinajstić information content (AvgIpc) is 3.33. The first-order valence-corrected chi connectivity index (χ1v) is 11.2. The Hall–Kier alpha value is -2.84. The normalized spacial score (nSPS) is 13.2. The molecular formula is C20H17NO5S2. The lowest BCUT2D eigenvalue weighted by Crippen LogP contribution is -1.96. The highest BCUT2D eigenvalue weighted by Gasteiger charge is 2.13. The van der Waals surface area contributed by atoms with Gasteiger partial charge in [-0.05, 0) is 46.8 Å². The molecule has 3 aromatic rings. The molecule has 0 unspecified atom stereocenters. The Bertz CT molecular complexity index is 1120. The van der Waals surface area contributed by atoms with Crippen LogP contribution < -0.4 is 9.47 Å². The van der Waals surface area contributed by atoms with E-state index in [0.717, 1.165) is 27.3 Å². The van der Waals surface area contributed by atoms with E-state index in [4.69, 9.17) is 14.3 Å². The van der Waals surface area contributed by atoms with Crippen molar-refractivity contribution in [3.05, 3.63) is 64.4 Å². The van der Waals surface area contributed by atoms with E-state index >= 15 is 0 Å². The van der Waals surface area contributed by atoms with E-state index in [2.05, 4.69) is 5.16 Å². The standard InChI is InChI=1S/C20H17NO5S2/c1-28(22,23)16-5-3-15(4-6-16)17-8-9-27-20(17)11-21-26-12-14-2-7-18-19(10-14)25-13-24-18/h2-11H,12-13H2,1H3/b21-11+. The van der Waals surface area contributed by atoms with Crippen LogP contribution in [0.4, 0.5) is 0 Å². The van der Waals surface area contributed by atoms with Crippen molar-refractivity contribution in [2.24, 2.45) is 5.16 Å². The molecule has 144 valence electrons. The Morgan fingerprint density at radius 1 is 1.11 bits per heavy atom. The van der Waals surface area contributed by atoms with Gasteiger partial charge in [0, 0.05) is 11.8 Å². The number of sulfone groups is 1. The third-order valence-electron chi connectivity index (χ3n) is 4.20. The number of hydrogen-bond acceptors (Lipinski definition) is 7. The highest BCUT2D eigenvalue weighted by Crippen LogP contribution is 2.32. The Morgan fingerprint density at radius 3 is 2.68 bits per heavy atom. The second kappa shape index (κ2) is 7.65. The summed E-state index contributed by atoms with van der Waals surface area (Å²) >= 11 is 1.53. The van der Waals surface area contributed by atoms with Gasteiger partial charge in [0.15, 0.2) is 21.3 Å². The molecule has 6 nitrogen and oxygen atoms in total. The van der Waals surface area contributed by atoms with Crippen LogP contribution in [0.15, 0.2) is 64.0 Å². The van der Waals surface area contributed by atoms with Crippen LogP contribution in [0.25, 0.3) is 11.1 Å². The van der Waals surface area contributed by atoms with E-state index in [0.29, 0.717) is 17.3 Å². The minimum atomic E-state index is -3.21. The summed E-state index contributed by atoms with van der Waals surface area (Å²) in [5.41, 5.74) is 2.83. The van der Waals surface area contributed by atoms with Gasteiger partial charge in [-0.1, -0.05) is 23.4 Å². The smallest absolute Gasteiger partial charge is 0.231 e. The molecule has 2 aromatic carbocycles. The monoisotopic (exact) mass is 415 g/mol. The summed E-state index contributed by atoms with van der Waals surface area (Å²) in [4.78, 5) is 6.64. The second-order valence-electron chi connectivity index (χ2n) is 6.19. The molecule has 1 aliphatic heterocycles. The highest BCUT2D eigenvalue weighted by molar-refractivity contribution is 7.90. The quantitative estimate of drug-likeness (QED) is 0.448. The Balaban J connectivity index is 1.43. The molecule has 2 heterocycles. The summed E-state index contributed by atoms with van der Waals surface area (Å²) in [5, 5.41) is 6.02. The largest absolute Gasteiger partial charge is 0.454 e. The molecule has 0 bridgehead atoms. The van der Waals surface area contributed by atoms with Crippen LogP contribution in [-0.2, 0) is 21.3 Å². The first-order valence-electron chi connectivity index (χ1n) is 8.42. The molecule has 0 spiro atoms. The summed E-state index contributed by atoms with van der Waals surface area (Å²) in [6.07, 6.45) is 2.86. The van der Waals surface area contributed by atoms with Gasteiger partial charge in [-0.25, -0.2) is 8.42 Å². The van der Waals surface area contributed by atoms with Crippen LogP contribution in [0.2, 0.25) is 0 Å². The number of thiophene rings is 1. The van der Waals surface area contributed by atoms with E-state index < -0.39 is 9.84 Å². The van der Waals surface area contributed by atoms with Gasteiger partial charge in [-0.2, -0.15) is 0 Å². The van der Waals surface area contributed by atoms with Crippen molar-refractivity contribution in [3.63, 3.8) is 0 Å². The fourth-order valence-corrected chi connectivity index (χ4v) is 4.17. The maximum atomic E-state index is 11.6. The van der Waals surface area contributed by atoms with Crippen molar-refractivity contribution in [1.82, 2.24) is 0 Å². The molecule has 0 saturated heterocycles. The molecule has 0 saturated carbocycles. The summed E-state index contributed by atoms with van der Waals surface area (Å²) in [6, 6.07) is 14.4. The maximum Gasteiger partial charge on any atom is 0.231 e. The van der Waals surface area contributed by atoms with Gasteiger partial charge in [0.05, 0.1) is 16.0 Å². The highest BCUT2D eigenvalue weighted by atomic mass is 32.2. The lowest BCUT2D eigenvalue weighted by molar-refractivity contribution is 0.132. The molecule has 4 rings (SSSR count). The molecule has 28 heavy (non-hydrogen) atoms. The minimum Gasteiger partial charge on any atom is -0.454 e. The first kappa shape index (κ1) is 18.5. The fourth-order valence-electron chi connectivity index (χ4n) is 2.77. The molecule has 1 aliphatic rings. The number of rotatable bonds is 6. The van der Waals surface area contributed by atoms with Crippen LogP contribution in [0.3, 0.4) is 0 Å². The van der Waals surface area contributed by atoms with Crippen LogP contribution in [0.1, 0.15) is 10.4 Å². The Labute approximate surface area is 166 Å². The predicted octanol–water partition coefficient (Wildman–Crippen LogP) is 4.10. The number of oxime groups is 1. The summed E-state index contributed by atoms with van der Waals surface area (Å²) < 4.78 is 33.8. The van der Waals surface area contributed by atoms with E-state index in [1.54, 1.807) is 30.5 Å². The van der Waals surface area contributed by atoms with Gasteiger partial charge < -0.3 is 14.3 Å². The Morgan fingerprint density at radius 2 is 1.89 bits per heavy atom. The van der Waals surface area contributed by atoms with Crippen molar-refractivity contribution in [2.45, 2.75) is 11.5 Å². The van der Waals surface area contributed by atoms with Gasteiger partial charge in [0.2, 0.25) is 6.79 Å². The Kier molecular flexibility index (Phi) is 5.06. The topological polar surface area (TPSA) is 74.2 Å². The van der Waals surface area contributed by atoms with Crippen molar-refractivity contribution in [2.75, 3.05) is 13.0 Å². The molecule has 0 atom stereocenters. The van der Waals surface area contributed by atoms with Crippen molar-refractivity contribution in [3.8, 4) is 22.6 Å². The number of fused-ring (bicyclic) bond motifs is 1. The zero-order valence-electron chi connectivity index (χ0n) is 15.0. The fraction of sp³-hybridized carbons (Fsp3) is 0.150. The van der Waals surface area contributed by atoms with Crippen molar-refractivity contribution >= 4 is 27.4 Å². The van der Waals surface area contributed by atoms with Crippen LogP contribution in [0, 0.1) is 0 Å². The summed E-state index contributed by atoms with van der Waals surface area (Å²) in [5.74, 6) is 1.44. The maximum absolute atomic E-state index is 11.6. The lowest BCUT2D eigenvalue weighted by Gasteiger charge is -2.03. The van der Waals surface area contributed by atoms with Gasteiger partial charge in [0.1, 0.15) is 6.61 Å². The number of hydrogen-bond donors (Lipinski definition) is 0. The third kappa shape index (κ3) is 4.02. The molecule has 0 radical (unpaired) electrons. The van der Waals surface area contributed by atoms with E-state index in [-0.39, 0.29) is 6.79 Å². The zero-order valence-corrected chi connectivity index (χ0v) is 16.6. The van der Waals surface area contributed by atoms with Gasteiger partial charge in [-0.15, -0.1) is 11.3 Å². The van der Waals surface area contributed by atoms with Crippen LogP contribution >= 0.6 is 11.3 Å². The van der Waals surface area contributed by atoms with E-state index in [1.807, 2.05) is 29.6 Å². The molecule has 0 fully saturated rings. The number of ether oxygens (including phenoxy) is 2. The van der Waals surface area contributed by atoms with Gasteiger partial charge in [0.25, 0.3) is 0 Å². The van der Waals surface area contributed by atoms with Gasteiger partial charge >= 0.3 is 0 Å². The minimum absolute atomic E-state index is 0.240. The number of benzene rings is 2. The molecule has 1 aromatic heterocycles. The molecule has 0 amide bonds. The average molecular weight is 415 g/mol. The SMILES string of the molecule is CS(=O)(=O)c1ccc(-c2ccsc2/C=N/OCc2ccc3c(c2)OCO3)cc1. The molecule has 8 heteroatoms. The molecule has 0 N–H and O–H groups in total.